The van der Waals surface area contributed by atoms with Gasteiger partial charge in [0, 0.05) is 5.56 Å². The summed E-state index contributed by atoms with van der Waals surface area (Å²) in [6, 6.07) is 5.72. The summed E-state index contributed by atoms with van der Waals surface area (Å²) in [6.45, 7) is 1.72. The summed E-state index contributed by atoms with van der Waals surface area (Å²) in [5.74, 6) is -2.77. The van der Waals surface area contributed by atoms with Crippen LogP contribution in [0.15, 0.2) is 30.3 Å². The normalized spacial score (nSPS) is 13.4. The molecule has 22 heavy (non-hydrogen) atoms. The number of hydrogen-bond acceptors (Lipinski definition) is 3. The maximum atomic E-state index is 12.2. The molecular weight excluding hydrogens is 318 g/mol. The molecule has 0 saturated carbocycles. The maximum Gasteiger partial charge on any atom is 0.434 e. The number of halogens is 6. The van der Waals surface area contributed by atoms with Gasteiger partial charge in [0.25, 0.3) is 6.10 Å². The minimum absolute atomic E-state index is 0.0399. The Bertz CT molecular complexity index is 543. The van der Waals surface area contributed by atoms with Crippen molar-refractivity contribution in [3.8, 4) is 0 Å². The second kappa shape index (κ2) is 6.29. The molecule has 0 aliphatic heterocycles. The molecule has 0 saturated heterocycles. The van der Waals surface area contributed by atoms with E-state index >= 15 is 0 Å². The number of aryl methyl sites for hydroxylation is 1. The number of benzene rings is 1. The van der Waals surface area contributed by atoms with Gasteiger partial charge in [0.2, 0.25) is 0 Å². The van der Waals surface area contributed by atoms with Crippen molar-refractivity contribution in [1.82, 2.24) is 0 Å². The SMILES string of the molecule is Cc1ccc(C(O)=CC(=O)OC(C(F)(F)F)C(F)(F)F)cc1. The van der Waals surface area contributed by atoms with Crippen molar-refractivity contribution in [1.29, 1.82) is 0 Å². The largest absolute Gasteiger partial charge is 0.507 e. The molecular formula is C13H10F6O3. The molecule has 3 nitrogen and oxygen atoms in total. The van der Waals surface area contributed by atoms with E-state index in [-0.39, 0.29) is 11.6 Å². The molecule has 0 fully saturated rings. The number of rotatable bonds is 3. The number of ether oxygens (including phenoxy) is 1. The van der Waals surface area contributed by atoms with E-state index in [2.05, 4.69) is 4.74 Å². The van der Waals surface area contributed by atoms with Crippen LogP contribution < -0.4 is 0 Å². The standard InChI is InChI=1S/C13H10F6O3/c1-7-2-4-8(5-3-7)9(20)6-10(21)22-11(12(14,15)16)13(17,18)19/h2-6,11,20H,1H3. The Morgan fingerprint density at radius 2 is 1.55 bits per heavy atom. The van der Waals surface area contributed by atoms with Crippen molar-refractivity contribution < 1.29 is 41.0 Å². The van der Waals surface area contributed by atoms with Crippen molar-refractivity contribution in [3.05, 3.63) is 41.5 Å². The summed E-state index contributed by atoms with van der Waals surface area (Å²) < 4.78 is 76.6. The molecule has 0 aliphatic rings. The van der Waals surface area contributed by atoms with E-state index in [0.717, 1.165) is 5.56 Å². The Balaban J connectivity index is 2.91. The van der Waals surface area contributed by atoms with Gasteiger partial charge in [0.15, 0.2) is 0 Å². The Morgan fingerprint density at radius 1 is 1.09 bits per heavy atom. The average Bonchev–Trinajstić information content (AvgIpc) is 2.34. The molecule has 0 radical (unpaired) electrons. The van der Waals surface area contributed by atoms with E-state index in [1.54, 1.807) is 6.92 Å². The fourth-order valence-electron chi connectivity index (χ4n) is 1.39. The fourth-order valence-corrected chi connectivity index (χ4v) is 1.39. The lowest BCUT2D eigenvalue weighted by molar-refractivity contribution is -0.312. The number of aliphatic hydroxyl groups excluding tert-OH is 1. The molecule has 1 aromatic carbocycles. The number of alkyl halides is 6. The summed E-state index contributed by atoms with van der Waals surface area (Å²) in [7, 11) is 0. The third kappa shape index (κ3) is 4.97. The van der Waals surface area contributed by atoms with Gasteiger partial charge in [-0.3, -0.25) is 0 Å². The van der Waals surface area contributed by atoms with E-state index in [1.165, 1.54) is 24.3 Å². The molecule has 0 aliphatic carbocycles. The van der Waals surface area contributed by atoms with Gasteiger partial charge < -0.3 is 9.84 Å². The highest BCUT2D eigenvalue weighted by Gasteiger charge is 2.59. The highest BCUT2D eigenvalue weighted by Crippen LogP contribution is 2.35. The molecule has 122 valence electrons. The second-order valence-electron chi connectivity index (χ2n) is 4.30. The summed E-state index contributed by atoms with van der Waals surface area (Å²) >= 11 is 0. The minimum atomic E-state index is -5.80. The van der Waals surface area contributed by atoms with Crippen LogP contribution in [0.2, 0.25) is 0 Å². The van der Waals surface area contributed by atoms with Crippen molar-refractivity contribution in [2.75, 3.05) is 0 Å². The first kappa shape index (κ1) is 17.9. The van der Waals surface area contributed by atoms with Crippen LogP contribution in [0.3, 0.4) is 0 Å². The first-order valence-electron chi connectivity index (χ1n) is 5.73. The molecule has 0 amide bonds. The number of esters is 1. The average molecular weight is 328 g/mol. The van der Waals surface area contributed by atoms with Crippen LogP contribution in [0, 0.1) is 6.92 Å². The van der Waals surface area contributed by atoms with Gasteiger partial charge >= 0.3 is 18.3 Å². The van der Waals surface area contributed by atoms with Crippen LogP contribution in [-0.4, -0.2) is 29.5 Å². The zero-order valence-corrected chi connectivity index (χ0v) is 11.0. The molecule has 9 heteroatoms. The van der Waals surface area contributed by atoms with E-state index in [9.17, 15) is 36.2 Å². The summed E-state index contributed by atoms with van der Waals surface area (Å²) in [5.41, 5.74) is 0.839. The zero-order valence-electron chi connectivity index (χ0n) is 11.0. The third-order valence-electron chi connectivity index (χ3n) is 2.43. The molecule has 0 bridgehead atoms. The molecule has 0 heterocycles. The van der Waals surface area contributed by atoms with E-state index < -0.39 is 30.2 Å². The molecule has 1 rings (SSSR count). The van der Waals surface area contributed by atoms with Gasteiger partial charge in [-0.15, -0.1) is 0 Å². The highest BCUT2D eigenvalue weighted by atomic mass is 19.4. The van der Waals surface area contributed by atoms with Crippen molar-refractivity contribution in [2.45, 2.75) is 25.4 Å². The molecule has 0 atom stereocenters. The minimum Gasteiger partial charge on any atom is -0.507 e. The fraction of sp³-hybridized carbons (Fsp3) is 0.308. The van der Waals surface area contributed by atoms with Gasteiger partial charge in [-0.05, 0) is 6.92 Å². The molecule has 1 aromatic rings. The van der Waals surface area contributed by atoms with Gasteiger partial charge in [-0.2, -0.15) is 26.3 Å². The molecule has 0 spiro atoms. The predicted molar refractivity (Wildman–Crippen MR) is 63.8 cm³/mol. The van der Waals surface area contributed by atoms with Crippen molar-refractivity contribution in [2.24, 2.45) is 0 Å². The lowest BCUT2D eigenvalue weighted by Gasteiger charge is -2.22. The Hall–Kier alpha value is -2.19. The predicted octanol–water partition coefficient (Wildman–Crippen LogP) is 3.93. The highest BCUT2D eigenvalue weighted by molar-refractivity contribution is 5.89. The Kier molecular flexibility index (Phi) is 5.10. The monoisotopic (exact) mass is 328 g/mol. The molecule has 0 unspecified atom stereocenters. The van der Waals surface area contributed by atoms with Crippen LogP contribution in [-0.2, 0) is 9.53 Å². The lowest BCUT2D eigenvalue weighted by Crippen LogP contribution is -2.45. The summed E-state index contributed by atoms with van der Waals surface area (Å²) in [4.78, 5) is 11.1. The number of hydrogen-bond donors (Lipinski definition) is 1. The number of aliphatic hydroxyl groups is 1. The van der Waals surface area contributed by atoms with Crippen molar-refractivity contribution >= 4 is 11.7 Å². The van der Waals surface area contributed by atoms with Crippen LogP contribution in [0.5, 0.6) is 0 Å². The van der Waals surface area contributed by atoms with Crippen LogP contribution in [0.4, 0.5) is 26.3 Å². The number of carbonyl (C=O) groups excluding carboxylic acids is 1. The number of carbonyl (C=O) groups is 1. The smallest absolute Gasteiger partial charge is 0.434 e. The molecule has 1 N–H and O–H groups in total. The van der Waals surface area contributed by atoms with Crippen LogP contribution in [0.1, 0.15) is 11.1 Å². The first-order chi connectivity index (χ1) is 9.91. The maximum absolute atomic E-state index is 12.2. The Morgan fingerprint density at radius 3 is 1.95 bits per heavy atom. The molecule has 0 aromatic heterocycles. The summed E-state index contributed by atoms with van der Waals surface area (Å²) in [5, 5.41) is 9.50. The van der Waals surface area contributed by atoms with E-state index in [1.807, 2.05) is 0 Å². The van der Waals surface area contributed by atoms with Crippen LogP contribution in [0.25, 0.3) is 5.76 Å². The first-order valence-corrected chi connectivity index (χ1v) is 5.73. The lowest BCUT2D eigenvalue weighted by atomic mass is 10.1. The zero-order chi connectivity index (χ0) is 17.1. The summed E-state index contributed by atoms with van der Waals surface area (Å²) in [6.07, 6.45) is -15.7. The van der Waals surface area contributed by atoms with Crippen LogP contribution >= 0.6 is 0 Å². The van der Waals surface area contributed by atoms with E-state index in [4.69, 9.17) is 0 Å². The van der Waals surface area contributed by atoms with Gasteiger partial charge in [-0.1, -0.05) is 29.8 Å². The van der Waals surface area contributed by atoms with Gasteiger partial charge in [0.1, 0.15) is 5.76 Å². The second-order valence-corrected chi connectivity index (χ2v) is 4.30. The van der Waals surface area contributed by atoms with E-state index in [0.29, 0.717) is 0 Å². The van der Waals surface area contributed by atoms with Crippen molar-refractivity contribution in [3.63, 3.8) is 0 Å². The third-order valence-corrected chi connectivity index (χ3v) is 2.43. The van der Waals surface area contributed by atoms with Gasteiger partial charge in [0.05, 0.1) is 6.08 Å². The quantitative estimate of drug-likeness (QED) is 0.396. The van der Waals surface area contributed by atoms with Gasteiger partial charge in [-0.25, -0.2) is 4.79 Å². The Labute approximate surface area is 120 Å². The topological polar surface area (TPSA) is 46.5 Å².